The van der Waals surface area contributed by atoms with Crippen LogP contribution < -0.4 is 10.1 Å². The van der Waals surface area contributed by atoms with Gasteiger partial charge in [0.25, 0.3) is 0 Å². The lowest BCUT2D eigenvalue weighted by atomic mass is 10.1. The first kappa shape index (κ1) is 14.5. The van der Waals surface area contributed by atoms with Gasteiger partial charge in [0.05, 0.1) is 7.11 Å². The lowest BCUT2D eigenvalue weighted by Gasteiger charge is -2.15. The molecule has 0 unspecified atom stereocenters. The molecule has 0 fully saturated rings. The molecule has 2 nitrogen and oxygen atoms in total. The van der Waals surface area contributed by atoms with Crippen LogP contribution in [0.2, 0.25) is 0 Å². The molecule has 0 saturated heterocycles. The molecule has 106 valence electrons. The zero-order chi connectivity index (χ0) is 14.5. The van der Waals surface area contributed by atoms with Crippen molar-refractivity contribution in [3.63, 3.8) is 0 Å². The minimum absolute atomic E-state index is 0.222. The van der Waals surface area contributed by atoms with Crippen LogP contribution in [-0.2, 0) is 6.54 Å². The summed E-state index contributed by atoms with van der Waals surface area (Å²) >= 11 is 0. The number of methoxy groups -OCH3 is 1. The molecule has 0 spiro atoms. The summed E-state index contributed by atoms with van der Waals surface area (Å²) in [4.78, 5) is 0. The first-order valence-electron chi connectivity index (χ1n) is 6.72. The zero-order valence-corrected chi connectivity index (χ0v) is 12.1. The smallest absolute Gasteiger partial charge is 0.165 e. The molecule has 0 saturated carbocycles. The van der Waals surface area contributed by atoms with E-state index in [2.05, 4.69) is 43.4 Å². The predicted octanol–water partition coefficient (Wildman–Crippen LogP) is 3.99. The van der Waals surface area contributed by atoms with Gasteiger partial charge in [-0.3, -0.25) is 0 Å². The number of benzene rings is 2. The number of nitrogens with one attached hydrogen (secondary N) is 1. The molecule has 0 aliphatic heterocycles. The maximum absolute atomic E-state index is 13.6. The Morgan fingerprint density at radius 2 is 2.00 bits per heavy atom. The zero-order valence-electron chi connectivity index (χ0n) is 12.1. The summed E-state index contributed by atoms with van der Waals surface area (Å²) in [7, 11) is 1.47. The molecule has 2 aromatic carbocycles. The van der Waals surface area contributed by atoms with Crippen LogP contribution >= 0.6 is 0 Å². The summed E-state index contributed by atoms with van der Waals surface area (Å²) < 4.78 is 18.5. The Hall–Kier alpha value is -1.87. The van der Waals surface area contributed by atoms with Crippen molar-refractivity contribution in [2.24, 2.45) is 0 Å². The summed E-state index contributed by atoms with van der Waals surface area (Å²) in [6.07, 6.45) is 0. The Morgan fingerprint density at radius 3 is 2.65 bits per heavy atom. The van der Waals surface area contributed by atoms with Crippen molar-refractivity contribution in [3.8, 4) is 5.75 Å². The number of ether oxygens (including phenoxy) is 1. The molecule has 20 heavy (non-hydrogen) atoms. The maximum Gasteiger partial charge on any atom is 0.165 e. The Balaban J connectivity index is 1.99. The topological polar surface area (TPSA) is 21.3 Å². The van der Waals surface area contributed by atoms with Gasteiger partial charge in [-0.05, 0) is 37.1 Å². The molecule has 0 aromatic heterocycles. The second kappa shape index (κ2) is 6.53. The fourth-order valence-corrected chi connectivity index (χ4v) is 2.15. The molecule has 0 radical (unpaired) electrons. The number of hydrogen-bond acceptors (Lipinski definition) is 2. The molecular weight excluding hydrogens is 253 g/mol. The summed E-state index contributed by atoms with van der Waals surface area (Å²) in [5.74, 6) is -0.0458. The molecule has 0 aliphatic carbocycles. The molecule has 0 bridgehead atoms. The number of hydrogen-bond donors (Lipinski definition) is 1. The first-order valence-corrected chi connectivity index (χ1v) is 6.72. The largest absolute Gasteiger partial charge is 0.494 e. The molecule has 1 N–H and O–H groups in total. The molecule has 3 heteroatoms. The van der Waals surface area contributed by atoms with Crippen molar-refractivity contribution >= 4 is 0 Å². The van der Waals surface area contributed by atoms with E-state index in [1.807, 2.05) is 6.07 Å². The molecule has 0 aliphatic rings. The summed E-state index contributed by atoms with van der Waals surface area (Å²) in [5.41, 5.74) is 3.38. The maximum atomic E-state index is 13.6. The van der Waals surface area contributed by atoms with Crippen molar-refractivity contribution in [2.45, 2.75) is 26.4 Å². The first-order chi connectivity index (χ1) is 9.60. The van der Waals surface area contributed by atoms with E-state index in [1.165, 1.54) is 24.3 Å². The average molecular weight is 273 g/mol. The van der Waals surface area contributed by atoms with Gasteiger partial charge < -0.3 is 10.1 Å². The fourth-order valence-electron chi connectivity index (χ4n) is 2.15. The summed E-state index contributed by atoms with van der Waals surface area (Å²) in [6, 6.07) is 13.6. The van der Waals surface area contributed by atoms with E-state index in [0.717, 1.165) is 5.56 Å². The standard InChI is InChI=1S/C17H20FNO/c1-12-5-4-6-15(9-12)13(2)19-11-14-7-8-17(20-3)16(18)10-14/h4-10,13,19H,11H2,1-3H3/t13-/m0/s1. The highest BCUT2D eigenvalue weighted by molar-refractivity contribution is 5.29. The van der Waals surface area contributed by atoms with Crippen LogP contribution in [-0.4, -0.2) is 7.11 Å². The van der Waals surface area contributed by atoms with Crippen LogP contribution in [0.1, 0.15) is 29.7 Å². The number of halogens is 1. The van der Waals surface area contributed by atoms with Crippen LogP contribution in [0.15, 0.2) is 42.5 Å². The highest BCUT2D eigenvalue weighted by Crippen LogP contribution is 2.19. The van der Waals surface area contributed by atoms with E-state index in [9.17, 15) is 4.39 Å². The molecule has 0 heterocycles. The van der Waals surface area contributed by atoms with Crippen LogP contribution in [0.3, 0.4) is 0 Å². The minimum Gasteiger partial charge on any atom is -0.494 e. The Kier molecular flexibility index (Phi) is 4.74. The summed E-state index contributed by atoms with van der Waals surface area (Å²) in [5, 5.41) is 3.40. The number of rotatable bonds is 5. The second-order valence-corrected chi connectivity index (χ2v) is 4.99. The number of aryl methyl sites for hydroxylation is 1. The van der Waals surface area contributed by atoms with Gasteiger partial charge in [0.2, 0.25) is 0 Å². The van der Waals surface area contributed by atoms with Gasteiger partial charge in [-0.15, -0.1) is 0 Å². The van der Waals surface area contributed by atoms with Gasteiger partial charge in [-0.25, -0.2) is 4.39 Å². The van der Waals surface area contributed by atoms with Crippen molar-refractivity contribution in [1.82, 2.24) is 5.32 Å². The lowest BCUT2D eigenvalue weighted by Crippen LogP contribution is -2.18. The Labute approximate surface area is 119 Å². The highest BCUT2D eigenvalue weighted by atomic mass is 19.1. The highest BCUT2D eigenvalue weighted by Gasteiger charge is 2.07. The van der Waals surface area contributed by atoms with E-state index in [-0.39, 0.29) is 17.6 Å². The van der Waals surface area contributed by atoms with Crippen molar-refractivity contribution in [1.29, 1.82) is 0 Å². The van der Waals surface area contributed by atoms with Crippen molar-refractivity contribution in [3.05, 3.63) is 65.0 Å². The van der Waals surface area contributed by atoms with E-state index < -0.39 is 0 Å². The molecule has 2 rings (SSSR count). The second-order valence-electron chi connectivity index (χ2n) is 4.99. The van der Waals surface area contributed by atoms with Crippen molar-refractivity contribution in [2.75, 3.05) is 7.11 Å². The molecular formula is C17H20FNO. The van der Waals surface area contributed by atoms with Gasteiger partial charge in [-0.2, -0.15) is 0 Å². The van der Waals surface area contributed by atoms with E-state index in [4.69, 9.17) is 4.74 Å². The minimum atomic E-state index is -0.324. The predicted molar refractivity (Wildman–Crippen MR) is 79.4 cm³/mol. The third kappa shape index (κ3) is 3.58. The Bertz CT molecular complexity index is 583. The third-order valence-electron chi connectivity index (χ3n) is 3.37. The van der Waals surface area contributed by atoms with E-state index >= 15 is 0 Å². The summed E-state index contributed by atoms with van der Waals surface area (Å²) in [6.45, 7) is 4.81. The molecule has 2 aromatic rings. The van der Waals surface area contributed by atoms with Gasteiger partial charge in [-0.1, -0.05) is 35.9 Å². The molecule has 1 atom stereocenters. The Morgan fingerprint density at radius 1 is 1.20 bits per heavy atom. The third-order valence-corrected chi connectivity index (χ3v) is 3.37. The van der Waals surface area contributed by atoms with Gasteiger partial charge >= 0.3 is 0 Å². The monoisotopic (exact) mass is 273 g/mol. The van der Waals surface area contributed by atoms with E-state index in [0.29, 0.717) is 6.54 Å². The van der Waals surface area contributed by atoms with Crippen LogP contribution in [0.5, 0.6) is 5.75 Å². The normalized spacial score (nSPS) is 12.2. The van der Waals surface area contributed by atoms with Gasteiger partial charge in [0.15, 0.2) is 11.6 Å². The van der Waals surface area contributed by atoms with Gasteiger partial charge in [0.1, 0.15) is 0 Å². The van der Waals surface area contributed by atoms with Crippen LogP contribution in [0, 0.1) is 12.7 Å². The average Bonchev–Trinajstić information content (AvgIpc) is 2.45. The fraction of sp³-hybridized carbons (Fsp3) is 0.294. The SMILES string of the molecule is COc1ccc(CN[C@@H](C)c2cccc(C)c2)cc1F. The van der Waals surface area contributed by atoms with Crippen LogP contribution in [0.4, 0.5) is 4.39 Å². The van der Waals surface area contributed by atoms with Crippen LogP contribution in [0.25, 0.3) is 0 Å². The van der Waals surface area contributed by atoms with Gasteiger partial charge in [0, 0.05) is 12.6 Å². The lowest BCUT2D eigenvalue weighted by molar-refractivity contribution is 0.386. The quantitative estimate of drug-likeness (QED) is 0.889. The van der Waals surface area contributed by atoms with E-state index in [1.54, 1.807) is 6.07 Å². The molecule has 0 amide bonds. The van der Waals surface area contributed by atoms with Crippen molar-refractivity contribution < 1.29 is 9.13 Å².